The van der Waals surface area contributed by atoms with E-state index in [1.54, 1.807) is 7.11 Å². The minimum atomic E-state index is -1.13. The fourth-order valence-corrected chi connectivity index (χ4v) is 2.31. The smallest absolute Gasteiger partial charge is 0.306 e. The number of aliphatic carboxylic acids is 1. The molecule has 0 aliphatic carbocycles. The van der Waals surface area contributed by atoms with Crippen LogP contribution in [0.4, 0.5) is 5.69 Å². The molecule has 0 spiro atoms. The summed E-state index contributed by atoms with van der Waals surface area (Å²) in [4.78, 5) is 12.7. The lowest BCUT2D eigenvalue weighted by Crippen LogP contribution is -2.35. The molecule has 5 heteroatoms. The molecule has 1 aromatic carbocycles. The number of ether oxygens (including phenoxy) is 1. The van der Waals surface area contributed by atoms with Gasteiger partial charge in [-0.05, 0) is 18.6 Å². The van der Waals surface area contributed by atoms with Gasteiger partial charge < -0.3 is 19.8 Å². The number of aliphatic hydroxyl groups is 1. The molecule has 1 aromatic rings. The second-order valence-corrected chi connectivity index (χ2v) is 4.67. The number of anilines is 1. The predicted octanol–water partition coefficient (Wildman–Crippen LogP) is 1.11. The SMILES string of the molecule is COc1cccc(N2CCC(O)(CC(=O)O)C2)c1. The van der Waals surface area contributed by atoms with Crippen molar-refractivity contribution in [2.75, 3.05) is 25.1 Å². The van der Waals surface area contributed by atoms with Crippen molar-refractivity contribution in [1.29, 1.82) is 0 Å². The first kappa shape index (κ1) is 12.7. The molecule has 0 amide bonds. The fourth-order valence-electron chi connectivity index (χ4n) is 2.31. The summed E-state index contributed by atoms with van der Waals surface area (Å²) < 4.78 is 5.15. The molecule has 1 saturated heterocycles. The summed E-state index contributed by atoms with van der Waals surface area (Å²) in [6, 6.07) is 7.54. The molecular formula is C13H17NO4. The first-order valence-corrected chi connectivity index (χ1v) is 5.86. The Morgan fingerprint density at radius 1 is 1.56 bits per heavy atom. The zero-order chi connectivity index (χ0) is 13.2. The molecule has 1 unspecified atom stereocenters. The summed E-state index contributed by atoms with van der Waals surface area (Å²) >= 11 is 0. The maximum atomic E-state index is 10.7. The monoisotopic (exact) mass is 251 g/mol. The predicted molar refractivity (Wildman–Crippen MR) is 67.0 cm³/mol. The molecule has 1 aliphatic rings. The zero-order valence-electron chi connectivity index (χ0n) is 10.3. The van der Waals surface area contributed by atoms with Gasteiger partial charge in [0.1, 0.15) is 5.75 Å². The first-order chi connectivity index (χ1) is 8.52. The number of carboxylic acid groups (broad SMARTS) is 1. The molecule has 0 radical (unpaired) electrons. The molecule has 0 saturated carbocycles. The Bertz CT molecular complexity index is 448. The van der Waals surface area contributed by atoms with Crippen molar-refractivity contribution in [3.05, 3.63) is 24.3 Å². The Morgan fingerprint density at radius 3 is 3.00 bits per heavy atom. The van der Waals surface area contributed by atoms with Gasteiger partial charge in [0.2, 0.25) is 0 Å². The highest BCUT2D eigenvalue weighted by Crippen LogP contribution is 2.30. The van der Waals surface area contributed by atoms with E-state index in [-0.39, 0.29) is 6.42 Å². The number of methoxy groups -OCH3 is 1. The molecule has 1 aliphatic heterocycles. The first-order valence-electron chi connectivity index (χ1n) is 5.86. The van der Waals surface area contributed by atoms with Gasteiger partial charge in [0, 0.05) is 24.8 Å². The van der Waals surface area contributed by atoms with Crippen molar-refractivity contribution in [2.45, 2.75) is 18.4 Å². The number of rotatable bonds is 4. The fraction of sp³-hybridized carbons (Fsp3) is 0.462. The molecule has 2 rings (SSSR count). The molecule has 98 valence electrons. The lowest BCUT2D eigenvalue weighted by atomic mass is 9.99. The van der Waals surface area contributed by atoms with E-state index >= 15 is 0 Å². The highest BCUT2D eigenvalue weighted by Gasteiger charge is 2.38. The number of carbonyl (C=O) groups is 1. The van der Waals surface area contributed by atoms with Gasteiger partial charge >= 0.3 is 5.97 Å². The summed E-state index contributed by atoms with van der Waals surface area (Å²) in [5.74, 6) is -0.217. The van der Waals surface area contributed by atoms with Crippen LogP contribution in [0.15, 0.2) is 24.3 Å². The second-order valence-electron chi connectivity index (χ2n) is 4.67. The average Bonchev–Trinajstić information content (AvgIpc) is 2.70. The summed E-state index contributed by atoms with van der Waals surface area (Å²) in [7, 11) is 1.60. The van der Waals surface area contributed by atoms with Gasteiger partial charge in [0.05, 0.1) is 19.1 Å². The van der Waals surface area contributed by atoms with Crippen molar-refractivity contribution >= 4 is 11.7 Å². The Morgan fingerprint density at radius 2 is 2.33 bits per heavy atom. The van der Waals surface area contributed by atoms with Crippen LogP contribution in [0.5, 0.6) is 5.75 Å². The van der Waals surface area contributed by atoms with Crippen molar-refractivity contribution in [2.24, 2.45) is 0 Å². The largest absolute Gasteiger partial charge is 0.497 e. The normalized spacial score (nSPS) is 23.1. The Kier molecular flexibility index (Phi) is 3.43. The van der Waals surface area contributed by atoms with Gasteiger partial charge in [-0.25, -0.2) is 0 Å². The van der Waals surface area contributed by atoms with Crippen LogP contribution in [0, 0.1) is 0 Å². The van der Waals surface area contributed by atoms with E-state index in [0.717, 1.165) is 11.4 Å². The van der Waals surface area contributed by atoms with E-state index in [1.807, 2.05) is 29.2 Å². The molecule has 2 N–H and O–H groups in total. The highest BCUT2D eigenvalue weighted by atomic mass is 16.5. The molecule has 18 heavy (non-hydrogen) atoms. The van der Waals surface area contributed by atoms with E-state index in [2.05, 4.69) is 0 Å². The van der Waals surface area contributed by atoms with Crippen molar-refractivity contribution in [3.63, 3.8) is 0 Å². The van der Waals surface area contributed by atoms with Crippen LogP contribution in [0.2, 0.25) is 0 Å². The topological polar surface area (TPSA) is 70.0 Å². The Balaban J connectivity index is 2.10. The van der Waals surface area contributed by atoms with Crippen LogP contribution in [-0.4, -0.2) is 42.0 Å². The molecule has 0 bridgehead atoms. The lowest BCUT2D eigenvalue weighted by molar-refractivity contribution is -0.141. The summed E-state index contributed by atoms with van der Waals surface area (Å²) in [5.41, 5.74) is -0.190. The molecule has 0 aromatic heterocycles. The number of nitrogens with zero attached hydrogens (tertiary/aromatic N) is 1. The highest BCUT2D eigenvalue weighted by molar-refractivity contribution is 5.68. The van der Waals surface area contributed by atoms with Gasteiger partial charge in [0.15, 0.2) is 0 Å². The van der Waals surface area contributed by atoms with Gasteiger partial charge in [-0.2, -0.15) is 0 Å². The van der Waals surface area contributed by atoms with Crippen molar-refractivity contribution in [3.8, 4) is 5.75 Å². The van der Waals surface area contributed by atoms with Gasteiger partial charge in [-0.15, -0.1) is 0 Å². The van der Waals surface area contributed by atoms with E-state index in [9.17, 15) is 9.90 Å². The maximum absolute atomic E-state index is 10.7. The molecule has 1 atom stereocenters. The Hall–Kier alpha value is -1.75. The number of hydrogen-bond acceptors (Lipinski definition) is 4. The number of carboxylic acids is 1. The molecule has 1 fully saturated rings. The van der Waals surface area contributed by atoms with E-state index in [1.165, 1.54) is 0 Å². The van der Waals surface area contributed by atoms with E-state index in [4.69, 9.17) is 9.84 Å². The minimum absolute atomic E-state index is 0.215. The van der Waals surface area contributed by atoms with Crippen molar-refractivity contribution < 1.29 is 19.7 Å². The average molecular weight is 251 g/mol. The summed E-state index contributed by atoms with van der Waals surface area (Å²) in [6.45, 7) is 0.989. The van der Waals surface area contributed by atoms with Crippen LogP contribution < -0.4 is 9.64 Å². The van der Waals surface area contributed by atoms with Crippen LogP contribution in [-0.2, 0) is 4.79 Å². The zero-order valence-corrected chi connectivity index (χ0v) is 10.3. The molecule has 1 heterocycles. The van der Waals surface area contributed by atoms with Gasteiger partial charge in [-0.3, -0.25) is 4.79 Å². The maximum Gasteiger partial charge on any atom is 0.306 e. The minimum Gasteiger partial charge on any atom is -0.497 e. The third-order valence-corrected chi connectivity index (χ3v) is 3.23. The number of benzene rings is 1. The third kappa shape index (κ3) is 2.73. The van der Waals surface area contributed by atoms with Crippen LogP contribution in [0.3, 0.4) is 0 Å². The van der Waals surface area contributed by atoms with Gasteiger partial charge in [0.25, 0.3) is 0 Å². The van der Waals surface area contributed by atoms with E-state index in [0.29, 0.717) is 19.5 Å². The number of β-amino-alcohol motifs (C(OH)–C–C–N with tert-alkyl or cyclic N) is 1. The summed E-state index contributed by atoms with van der Waals surface area (Å²) in [5, 5.41) is 18.9. The van der Waals surface area contributed by atoms with Crippen LogP contribution >= 0.6 is 0 Å². The molecular weight excluding hydrogens is 234 g/mol. The number of hydrogen-bond donors (Lipinski definition) is 2. The van der Waals surface area contributed by atoms with Crippen LogP contribution in [0.25, 0.3) is 0 Å². The van der Waals surface area contributed by atoms with Gasteiger partial charge in [-0.1, -0.05) is 6.07 Å². The third-order valence-electron chi connectivity index (χ3n) is 3.23. The van der Waals surface area contributed by atoms with E-state index < -0.39 is 11.6 Å². The molecule has 5 nitrogen and oxygen atoms in total. The lowest BCUT2D eigenvalue weighted by Gasteiger charge is -2.23. The standard InChI is InChI=1S/C13H17NO4/c1-18-11-4-2-3-10(7-11)14-6-5-13(17,9-14)8-12(15)16/h2-4,7,17H,5-6,8-9H2,1H3,(H,15,16). The van der Waals surface area contributed by atoms with Crippen molar-refractivity contribution in [1.82, 2.24) is 0 Å². The second kappa shape index (κ2) is 4.86. The van der Waals surface area contributed by atoms with Crippen LogP contribution in [0.1, 0.15) is 12.8 Å². The quantitative estimate of drug-likeness (QED) is 0.839. The summed E-state index contributed by atoms with van der Waals surface area (Å²) in [6.07, 6.45) is 0.254. The Labute approximate surface area is 106 Å².